The second-order valence-corrected chi connectivity index (χ2v) is 3.09. The van der Waals surface area contributed by atoms with Crippen LogP contribution in [0.2, 0.25) is 0 Å². The van der Waals surface area contributed by atoms with Gasteiger partial charge in [0.25, 0.3) is 0 Å². The summed E-state index contributed by atoms with van der Waals surface area (Å²) in [6.07, 6.45) is 4.10. The van der Waals surface area contributed by atoms with Gasteiger partial charge in [-0.25, -0.2) is 0 Å². The van der Waals surface area contributed by atoms with E-state index in [2.05, 4.69) is 43.8 Å². The van der Waals surface area contributed by atoms with Crippen LogP contribution in [0.1, 0.15) is 18.1 Å². The Kier molecular flexibility index (Phi) is 2.87. The molecule has 0 aliphatic rings. The fourth-order valence-electron chi connectivity index (χ4n) is 1.01. The molecule has 1 aromatic carbocycles. The largest absolute Gasteiger partial charge is 0.0961 e. The maximum atomic E-state index is 3.81. The minimum Gasteiger partial charge on any atom is -0.0961 e. The molecule has 62 valence electrons. The molecule has 0 saturated carbocycles. The standard InChI is InChI=1S/C12H14/c1-10(2)7-8-12-6-4-5-11(3)9-12/h4-9H,1H2,2-3H3/b8-7+. The van der Waals surface area contributed by atoms with Crippen LogP contribution in [-0.2, 0) is 0 Å². The number of hydrogen-bond acceptors (Lipinski definition) is 0. The average Bonchev–Trinajstić information content (AvgIpc) is 2.01. The molecule has 1 rings (SSSR count). The first-order chi connectivity index (χ1) is 5.68. The van der Waals surface area contributed by atoms with Crippen molar-refractivity contribution in [3.63, 3.8) is 0 Å². The maximum Gasteiger partial charge on any atom is -0.0254 e. The Morgan fingerprint density at radius 2 is 2.17 bits per heavy atom. The Bertz CT molecular complexity index is 306. The molecule has 0 heteroatoms. The molecule has 0 radical (unpaired) electrons. The van der Waals surface area contributed by atoms with Crippen LogP contribution >= 0.6 is 0 Å². The Balaban J connectivity index is 2.83. The first-order valence-corrected chi connectivity index (χ1v) is 4.09. The van der Waals surface area contributed by atoms with Crippen molar-refractivity contribution >= 4 is 6.08 Å². The van der Waals surface area contributed by atoms with Crippen molar-refractivity contribution in [2.24, 2.45) is 0 Å². The van der Waals surface area contributed by atoms with Crippen molar-refractivity contribution in [1.82, 2.24) is 0 Å². The van der Waals surface area contributed by atoms with E-state index in [1.54, 1.807) is 0 Å². The summed E-state index contributed by atoms with van der Waals surface area (Å²) < 4.78 is 0. The van der Waals surface area contributed by atoms with Gasteiger partial charge in [-0.2, -0.15) is 0 Å². The summed E-state index contributed by atoms with van der Waals surface area (Å²) in [4.78, 5) is 0. The molecular formula is C12H14. The van der Waals surface area contributed by atoms with E-state index in [0.29, 0.717) is 0 Å². The predicted octanol–water partition coefficient (Wildman–Crippen LogP) is 3.58. The number of aryl methyl sites for hydroxylation is 1. The molecule has 0 N–H and O–H groups in total. The van der Waals surface area contributed by atoms with Gasteiger partial charge in [0.05, 0.1) is 0 Å². The van der Waals surface area contributed by atoms with Crippen LogP contribution in [0, 0.1) is 6.92 Å². The quantitative estimate of drug-likeness (QED) is 0.577. The van der Waals surface area contributed by atoms with Gasteiger partial charge in [-0.3, -0.25) is 0 Å². The molecule has 0 fully saturated rings. The molecule has 0 heterocycles. The van der Waals surface area contributed by atoms with Gasteiger partial charge in [-0.1, -0.05) is 54.1 Å². The van der Waals surface area contributed by atoms with Crippen LogP contribution in [0.25, 0.3) is 6.08 Å². The van der Waals surface area contributed by atoms with Gasteiger partial charge in [0.2, 0.25) is 0 Å². The van der Waals surface area contributed by atoms with Crippen molar-refractivity contribution in [2.45, 2.75) is 13.8 Å². The van der Waals surface area contributed by atoms with E-state index in [9.17, 15) is 0 Å². The van der Waals surface area contributed by atoms with Gasteiger partial charge in [0.1, 0.15) is 0 Å². The third-order valence-electron chi connectivity index (χ3n) is 1.60. The fraction of sp³-hybridized carbons (Fsp3) is 0.167. The Labute approximate surface area is 74.2 Å². The Morgan fingerprint density at radius 3 is 2.75 bits per heavy atom. The van der Waals surface area contributed by atoms with E-state index in [0.717, 1.165) is 5.57 Å². The van der Waals surface area contributed by atoms with Crippen molar-refractivity contribution in [2.75, 3.05) is 0 Å². The second kappa shape index (κ2) is 3.91. The fourth-order valence-corrected chi connectivity index (χ4v) is 1.01. The zero-order valence-corrected chi connectivity index (χ0v) is 7.67. The third-order valence-corrected chi connectivity index (χ3v) is 1.60. The van der Waals surface area contributed by atoms with E-state index in [-0.39, 0.29) is 0 Å². The number of benzene rings is 1. The lowest BCUT2D eigenvalue weighted by atomic mass is 10.1. The Morgan fingerprint density at radius 1 is 1.42 bits per heavy atom. The lowest BCUT2D eigenvalue weighted by Gasteiger charge is -1.94. The monoisotopic (exact) mass is 158 g/mol. The molecule has 0 saturated heterocycles. The molecule has 0 aliphatic carbocycles. The third kappa shape index (κ3) is 2.75. The van der Waals surface area contributed by atoms with Crippen molar-refractivity contribution in [3.8, 4) is 0 Å². The van der Waals surface area contributed by atoms with E-state index in [4.69, 9.17) is 0 Å². The minimum absolute atomic E-state index is 1.08. The highest BCUT2D eigenvalue weighted by atomic mass is 13.9. The predicted molar refractivity (Wildman–Crippen MR) is 55.0 cm³/mol. The van der Waals surface area contributed by atoms with Gasteiger partial charge >= 0.3 is 0 Å². The van der Waals surface area contributed by atoms with Crippen LogP contribution in [-0.4, -0.2) is 0 Å². The molecule has 0 aromatic heterocycles. The van der Waals surface area contributed by atoms with E-state index in [1.165, 1.54) is 11.1 Å². The first kappa shape index (κ1) is 8.79. The molecular weight excluding hydrogens is 144 g/mol. The summed E-state index contributed by atoms with van der Waals surface area (Å²) in [5.41, 5.74) is 3.60. The molecule has 0 nitrogen and oxygen atoms in total. The van der Waals surface area contributed by atoms with Gasteiger partial charge in [-0.15, -0.1) is 0 Å². The highest BCUT2D eigenvalue weighted by molar-refractivity contribution is 5.53. The smallest absolute Gasteiger partial charge is 0.0254 e. The zero-order chi connectivity index (χ0) is 8.97. The van der Waals surface area contributed by atoms with Gasteiger partial charge in [0, 0.05) is 0 Å². The highest BCUT2D eigenvalue weighted by Gasteiger charge is 1.85. The molecule has 0 bridgehead atoms. The molecule has 0 unspecified atom stereocenters. The SMILES string of the molecule is C=C(C)/C=C/c1cccc(C)c1. The minimum atomic E-state index is 1.08. The van der Waals surface area contributed by atoms with Crippen molar-refractivity contribution in [3.05, 3.63) is 53.6 Å². The molecule has 0 amide bonds. The summed E-state index contributed by atoms with van der Waals surface area (Å²) in [6.45, 7) is 7.89. The topological polar surface area (TPSA) is 0 Å². The van der Waals surface area contributed by atoms with Gasteiger partial charge < -0.3 is 0 Å². The molecule has 0 aliphatic heterocycles. The van der Waals surface area contributed by atoms with Crippen LogP contribution in [0.5, 0.6) is 0 Å². The van der Waals surface area contributed by atoms with Crippen molar-refractivity contribution < 1.29 is 0 Å². The normalized spacial score (nSPS) is 10.5. The van der Waals surface area contributed by atoms with Crippen LogP contribution in [0.15, 0.2) is 42.5 Å². The van der Waals surface area contributed by atoms with E-state index < -0.39 is 0 Å². The van der Waals surface area contributed by atoms with E-state index >= 15 is 0 Å². The summed E-state index contributed by atoms with van der Waals surface area (Å²) in [5, 5.41) is 0. The Hall–Kier alpha value is -1.30. The van der Waals surface area contributed by atoms with Crippen LogP contribution in [0.4, 0.5) is 0 Å². The molecule has 12 heavy (non-hydrogen) atoms. The average molecular weight is 158 g/mol. The van der Waals surface area contributed by atoms with Crippen molar-refractivity contribution in [1.29, 1.82) is 0 Å². The maximum absolute atomic E-state index is 3.81. The lowest BCUT2D eigenvalue weighted by Crippen LogP contribution is -1.74. The number of rotatable bonds is 2. The second-order valence-electron chi connectivity index (χ2n) is 3.09. The van der Waals surface area contributed by atoms with Gasteiger partial charge in [-0.05, 0) is 19.4 Å². The first-order valence-electron chi connectivity index (χ1n) is 4.09. The summed E-state index contributed by atoms with van der Waals surface area (Å²) in [7, 11) is 0. The molecule has 0 atom stereocenters. The summed E-state index contributed by atoms with van der Waals surface area (Å²) in [5.74, 6) is 0. The summed E-state index contributed by atoms with van der Waals surface area (Å²) in [6, 6.07) is 8.40. The highest BCUT2D eigenvalue weighted by Crippen LogP contribution is 2.06. The number of hydrogen-bond donors (Lipinski definition) is 0. The zero-order valence-electron chi connectivity index (χ0n) is 7.67. The molecule has 0 spiro atoms. The van der Waals surface area contributed by atoms with E-state index in [1.807, 2.05) is 13.0 Å². The molecule has 1 aromatic rings. The van der Waals surface area contributed by atoms with Gasteiger partial charge in [0.15, 0.2) is 0 Å². The number of allylic oxidation sites excluding steroid dienone is 2. The van der Waals surface area contributed by atoms with Crippen LogP contribution in [0.3, 0.4) is 0 Å². The van der Waals surface area contributed by atoms with Crippen LogP contribution < -0.4 is 0 Å². The lowest BCUT2D eigenvalue weighted by molar-refractivity contribution is 1.46. The summed E-state index contributed by atoms with van der Waals surface area (Å²) >= 11 is 0.